The highest BCUT2D eigenvalue weighted by Gasteiger charge is 2.11. The highest BCUT2D eigenvalue weighted by atomic mass is 32.1. The van der Waals surface area contributed by atoms with Gasteiger partial charge in [0.1, 0.15) is 4.88 Å². The van der Waals surface area contributed by atoms with E-state index < -0.39 is 0 Å². The summed E-state index contributed by atoms with van der Waals surface area (Å²) in [5, 5.41) is 3.70. The molecule has 0 aromatic carbocycles. The quantitative estimate of drug-likeness (QED) is 0.904. The molecule has 0 radical (unpaired) electrons. The molecule has 0 aliphatic rings. The Morgan fingerprint density at radius 2 is 2.20 bits per heavy atom. The third-order valence-electron chi connectivity index (χ3n) is 3.00. The number of hydrogen-bond acceptors (Lipinski definition) is 4. The molecule has 0 bridgehead atoms. The van der Waals surface area contributed by atoms with Gasteiger partial charge in [-0.3, -0.25) is 9.59 Å². The van der Waals surface area contributed by atoms with Crippen molar-refractivity contribution in [1.82, 2.24) is 15.3 Å². The number of aryl methyl sites for hydroxylation is 3. The van der Waals surface area contributed by atoms with Gasteiger partial charge in [-0.25, -0.2) is 4.98 Å². The first-order chi connectivity index (χ1) is 9.51. The Labute approximate surface area is 121 Å². The molecule has 2 rings (SSSR count). The molecule has 2 heterocycles. The van der Waals surface area contributed by atoms with Crippen LogP contribution in [0.2, 0.25) is 0 Å². The smallest absolute Gasteiger partial charge is 0.263 e. The maximum absolute atomic E-state index is 12.0. The lowest BCUT2D eigenvalue weighted by molar-refractivity contribution is 0.0954. The summed E-state index contributed by atoms with van der Waals surface area (Å²) in [7, 11) is 0. The number of thiazole rings is 1. The van der Waals surface area contributed by atoms with Crippen LogP contribution in [-0.4, -0.2) is 15.9 Å². The van der Waals surface area contributed by atoms with Gasteiger partial charge in [0.05, 0.1) is 11.2 Å². The summed E-state index contributed by atoms with van der Waals surface area (Å²) in [6.45, 7) is 5.92. The summed E-state index contributed by atoms with van der Waals surface area (Å²) in [4.78, 5) is 31.3. The van der Waals surface area contributed by atoms with Crippen molar-refractivity contribution in [2.45, 2.75) is 33.7 Å². The lowest BCUT2D eigenvalue weighted by Crippen LogP contribution is -2.27. The average Bonchev–Trinajstić information content (AvgIpc) is 2.86. The average molecular weight is 291 g/mol. The summed E-state index contributed by atoms with van der Waals surface area (Å²) in [6.07, 6.45) is 2.39. The van der Waals surface area contributed by atoms with Gasteiger partial charge >= 0.3 is 0 Å². The Kier molecular flexibility index (Phi) is 4.34. The van der Waals surface area contributed by atoms with Gasteiger partial charge in [0.25, 0.3) is 11.5 Å². The fraction of sp³-hybridized carbons (Fsp3) is 0.357. The number of rotatable bonds is 4. The number of amides is 1. The Balaban J connectivity index is 2.09. The number of aromatic amines is 1. The molecule has 6 heteroatoms. The minimum Gasteiger partial charge on any atom is -0.347 e. The third kappa shape index (κ3) is 3.14. The fourth-order valence-electron chi connectivity index (χ4n) is 1.94. The lowest BCUT2D eigenvalue weighted by Gasteiger charge is -2.07. The minimum absolute atomic E-state index is 0.152. The van der Waals surface area contributed by atoms with Gasteiger partial charge in [0.15, 0.2) is 0 Å². The predicted octanol–water partition coefficient (Wildman–Crippen LogP) is 1.94. The van der Waals surface area contributed by atoms with E-state index in [4.69, 9.17) is 0 Å². The van der Waals surface area contributed by atoms with E-state index in [1.54, 1.807) is 6.20 Å². The summed E-state index contributed by atoms with van der Waals surface area (Å²) in [5.74, 6) is -0.193. The number of carbonyl (C=O) groups excluding carboxylic acids is 1. The van der Waals surface area contributed by atoms with Crippen molar-refractivity contribution in [2.75, 3.05) is 0 Å². The number of hydrogen-bond donors (Lipinski definition) is 2. The fourth-order valence-corrected chi connectivity index (χ4v) is 2.71. The Morgan fingerprint density at radius 3 is 2.80 bits per heavy atom. The molecular formula is C14H17N3O2S. The standard InChI is InChI=1S/C14H17N3O2S/c1-4-12-15-7-11(20-12)14(19)16-6-10-8(2)5-9(3)17-13(10)18/h5,7H,4,6H2,1-3H3,(H,16,19)(H,17,18). The first-order valence-electron chi connectivity index (χ1n) is 6.43. The van der Waals surface area contributed by atoms with Crippen LogP contribution in [0.3, 0.4) is 0 Å². The molecule has 0 aliphatic carbocycles. The van der Waals surface area contributed by atoms with Gasteiger partial charge in [-0.15, -0.1) is 11.3 Å². The van der Waals surface area contributed by atoms with Crippen molar-refractivity contribution in [3.63, 3.8) is 0 Å². The summed E-state index contributed by atoms with van der Waals surface area (Å²) >= 11 is 1.38. The second kappa shape index (κ2) is 6.00. The van der Waals surface area contributed by atoms with Crippen molar-refractivity contribution in [2.24, 2.45) is 0 Å². The summed E-state index contributed by atoms with van der Waals surface area (Å²) < 4.78 is 0. The Hall–Kier alpha value is -1.95. The zero-order valence-corrected chi connectivity index (χ0v) is 12.6. The number of carbonyl (C=O) groups is 1. The molecule has 2 N–H and O–H groups in total. The second-order valence-electron chi connectivity index (χ2n) is 4.60. The van der Waals surface area contributed by atoms with E-state index in [0.29, 0.717) is 10.4 Å². The topological polar surface area (TPSA) is 74.8 Å². The largest absolute Gasteiger partial charge is 0.347 e. The molecule has 20 heavy (non-hydrogen) atoms. The van der Waals surface area contributed by atoms with Gasteiger partial charge in [0, 0.05) is 17.8 Å². The molecule has 1 amide bonds. The highest BCUT2D eigenvalue weighted by molar-refractivity contribution is 7.13. The molecular weight excluding hydrogens is 274 g/mol. The van der Waals surface area contributed by atoms with E-state index >= 15 is 0 Å². The van der Waals surface area contributed by atoms with Crippen LogP contribution < -0.4 is 10.9 Å². The molecule has 0 saturated carbocycles. The number of nitrogens with one attached hydrogen (secondary N) is 2. The van der Waals surface area contributed by atoms with Crippen molar-refractivity contribution >= 4 is 17.2 Å². The van der Waals surface area contributed by atoms with E-state index in [9.17, 15) is 9.59 Å². The molecule has 2 aromatic rings. The first kappa shape index (κ1) is 14.5. The first-order valence-corrected chi connectivity index (χ1v) is 7.25. The van der Waals surface area contributed by atoms with Crippen molar-refractivity contribution in [1.29, 1.82) is 0 Å². The number of pyridine rings is 1. The van der Waals surface area contributed by atoms with E-state index in [0.717, 1.165) is 22.7 Å². The van der Waals surface area contributed by atoms with E-state index in [1.165, 1.54) is 11.3 Å². The van der Waals surface area contributed by atoms with Crippen molar-refractivity contribution < 1.29 is 4.79 Å². The number of nitrogens with zero attached hydrogens (tertiary/aromatic N) is 1. The van der Waals surface area contributed by atoms with Gasteiger partial charge < -0.3 is 10.3 Å². The van der Waals surface area contributed by atoms with Crippen LogP contribution in [0, 0.1) is 13.8 Å². The zero-order valence-electron chi connectivity index (χ0n) is 11.7. The molecule has 0 aliphatic heterocycles. The van der Waals surface area contributed by atoms with Crippen LogP contribution in [0.1, 0.15) is 38.4 Å². The minimum atomic E-state index is -0.193. The van der Waals surface area contributed by atoms with Crippen LogP contribution >= 0.6 is 11.3 Å². The van der Waals surface area contributed by atoms with Crippen LogP contribution in [0.25, 0.3) is 0 Å². The van der Waals surface area contributed by atoms with E-state index in [2.05, 4.69) is 15.3 Å². The Morgan fingerprint density at radius 1 is 1.45 bits per heavy atom. The van der Waals surface area contributed by atoms with E-state index in [1.807, 2.05) is 26.8 Å². The molecule has 0 atom stereocenters. The Bertz CT molecular complexity index is 688. The van der Waals surface area contributed by atoms with Gasteiger partial charge in [-0.1, -0.05) is 6.92 Å². The molecule has 106 valence electrons. The second-order valence-corrected chi connectivity index (χ2v) is 5.71. The normalized spacial score (nSPS) is 10.6. The molecule has 0 fully saturated rings. The highest BCUT2D eigenvalue weighted by Crippen LogP contribution is 2.13. The molecule has 0 saturated heterocycles. The summed E-state index contributed by atoms with van der Waals surface area (Å²) in [5.41, 5.74) is 2.13. The SMILES string of the molecule is CCc1ncc(C(=O)NCc2c(C)cc(C)[nH]c2=O)s1. The molecule has 5 nitrogen and oxygen atoms in total. The predicted molar refractivity (Wildman–Crippen MR) is 79.2 cm³/mol. The van der Waals surface area contributed by atoms with Crippen molar-refractivity contribution in [3.05, 3.63) is 49.3 Å². The zero-order chi connectivity index (χ0) is 14.7. The van der Waals surface area contributed by atoms with Crippen LogP contribution in [-0.2, 0) is 13.0 Å². The number of H-pyrrole nitrogens is 1. The maximum atomic E-state index is 12.0. The molecule has 0 unspecified atom stereocenters. The van der Waals surface area contributed by atoms with Crippen LogP contribution in [0.15, 0.2) is 17.1 Å². The lowest BCUT2D eigenvalue weighted by atomic mass is 10.1. The molecule has 2 aromatic heterocycles. The maximum Gasteiger partial charge on any atom is 0.263 e. The van der Waals surface area contributed by atoms with Crippen LogP contribution in [0.4, 0.5) is 0 Å². The van der Waals surface area contributed by atoms with E-state index in [-0.39, 0.29) is 18.0 Å². The van der Waals surface area contributed by atoms with Crippen molar-refractivity contribution in [3.8, 4) is 0 Å². The van der Waals surface area contributed by atoms with Gasteiger partial charge in [0.2, 0.25) is 0 Å². The number of aromatic nitrogens is 2. The summed E-state index contributed by atoms with van der Waals surface area (Å²) in [6, 6.07) is 1.89. The monoisotopic (exact) mass is 291 g/mol. The van der Waals surface area contributed by atoms with Crippen LogP contribution in [0.5, 0.6) is 0 Å². The van der Waals surface area contributed by atoms with Gasteiger partial charge in [-0.2, -0.15) is 0 Å². The molecule has 0 spiro atoms. The third-order valence-corrected chi connectivity index (χ3v) is 4.14. The van der Waals surface area contributed by atoms with Gasteiger partial charge in [-0.05, 0) is 31.9 Å².